The zero-order valence-corrected chi connectivity index (χ0v) is 13.4. The molecule has 0 aliphatic carbocycles. The van der Waals surface area contributed by atoms with Crippen LogP contribution >= 0.6 is 0 Å². The van der Waals surface area contributed by atoms with Gasteiger partial charge in [0.25, 0.3) is 10.1 Å². The van der Waals surface area contributed by atoms with Gasteiger partial charge in [0, 0.05) is 6.07 Å². The molecule has 1 rings (SSSR count). The van der Waals surface area contributed by atoms with E-state index in [1.165, 1.54) is 12.1 Å². The molecule has 1 aromatic rings. The molecular formula is C15H24O4S. The first kappa shape index (κ1) is 17.0. The van der Waals surface area contributed by atoms with Crippen LogP contribution in [0.25, 0.3) is 0 Å². The van der Waals surface area contributed by atoms with Crippen LogP contribution in [0.2, 0.25) is 0 Å². The predicted octanol–water partition coefficient (Wildman–Crippen LogP) is 3.92. The van der Waals surface area contributed by atoms with Crippen LogP contribution in [0.5, 0.6) is 5.75 Å². The van der Waals surface area contributed by atoms with Crippen molar-refractivity contribution in [1.82, 2.24) is 0 Å². The molecule has 0 heterocycles. The van der Waals surface area contributed by atoms with Gasteiger partial charge in [-0.05, 0) is 38.3 Å². The smallest absolute Gasteiger partial charge is 0.294 e. The maximum Gasteiger partial charge on any atom is 0.294 e. The fourth-order valence-electron chi connectivity index (χ4n) is 1.96. The summed E-state index contributed by atoms with van der Waals surface area (Å²) < 4.78 is 37.2. The lowest BCUT2D eigenvalue weighted by Gasteiger charge is -2.33. The average Bonchev–Trinajstić information content (AvgIpc) is 2.34. The molecule has 0 fully saturated rings. The van der Waals surface area contributed by atoms with Gasteiger partial charge in [-0.2, -0.15) is 8.42 Å². The Morgan fingerprint density at radius 1 is 1.35 bits per heavy atom. The highest BCUT2D eigenvalue weighted by molar-refractivity contribution is 7.85. The first-order chi connectivity index (χ1) is 9.16. The Bertz CT molecular complexity index is 535. The number of ether oxygens (including phenoxy) is 1. The largest absolute Gasteiger partial charge is 0.488 e. The quantitative estimate of drug-likeness (QED) is 0.775. The van der Waals surface area contributed by atoms with Crippen molar-refractivity contribution >= 4 is 10.1 Å². The monoisotopic (exact) mass is 300 g/mol. The van der Waals surface area contributed by atoms with Crippen LogP contribution < -0.4 is 4.74 Å². The van der Waals surface area contributed by atoms with E-state index < -0.39 is 15.7 Å². The second kappa shape index (κ2) is 6.59. The normalized spacial score (nSPS) is 14.1. The highest BCUT2D eigenvalue weighted by atomic mass is 32.2. The molecule has 5 heteroatoms. The number of hydrogen-bond acceptors (Lipinski definition) is 3. The minimum absolute atomic E-state index is 0.146. The maximum absolute atomic E-state index is 11.1. The van der Waals surface area contributed by atoms with Crippen molar-refractivity contribution in [2.75, 3.05) is 0 Å². The van der Waals surface area contributed by atoms with Crippen LogP contribution in [0.15, 0.2) is 29.2 Å². The van der Waals surface area contributed by atoms with Crippen molar-refractivity contribution in [2.24, 2.45) is 5.92 Å². The van der Waals surface area contributed by atoms with Gasteiger partial charge in [-0.15, -0.1) is 0 Å². The molecule has 1 aromatic carbocycles. The topological polar surface area (TPSA) is 63.6 Å². The summed E-state index contributed by atoms with van der Waals surface area (Å²) in [6.07, 6.45) is 3.33. The van der Waals surface area contributed by atoms with Gasteiger partial charge in [-0.25, -0.2) is 0 Å². The van der Waals surface area contributed by atoms with E-state index in [-0.39, 0.29) is 4.90 Å². The first-order valence-corrected chi connectivity index (χ1v) is 8.37. The molecule has 4 nitrogen and oxygen atoms in total. The van der Waals surface area contributed by atoms with Crippen molar-refractivity contribution in [3.05, 3.63) is 24.3 Å². The molecule has 1 atom stereocenters. The summed E-state index contributed by atoms with van der Waals surface area (Å²) in [5, 5.41) is 0. The molecule has 114 valence electrons. The molecule has 0 saturated carbocycles. The average molecular weight is 300 g/mol. The third-order valence-corrected chi connectivity index (χ3v) is 4.51. The minimum atomic E-state index is -4.20. The van der Waals surface area contributed by atoms with Gasteiger partial charge < -0.3 is 4.74 Å². The third-order valence-electron chi connectivity index (χ3n) is 3.66. The molecule has 0 spiro atoms. The molecule has 0 aliphatic rings. The molecule has 0 amide bonds. The fraction of sp³-hybridized carbons (Fsp3) is 0.600. The third kappa shape index (κ3) is 4.80. The van der Waals surface area contributed by atoms with Gasteiger partial charge in [0.15, 0.2) is 0 Å². The fourth-order valence-corrected chi connectivity index (χ4v) is 2.48. The summed E-state index contributed by atoms with van der Waals surface area (Å²) in [6.45, 7) is 8.26. The SMILES string of the molecule is CCCCC(C)C(C)(C)Oc1cccc(S(=O)(=O)O)c1. The molecule has 0 aromatic heterocycles. The Kier molecular flexibility index (Phi) is 5.59. The van der Waals surface area contributed by atoms with E-state index in [0.29, 0.717) is 11.7 Å². The summed E-state index contributed by atoms with van der Waals surface area (Å²) in [4.78, 5) is -0.146. The summed E-state index contributed by atoms with van der Waals surface area (Å²) >= 11 is 0. The van der Waals surface area contributed by atoms with E-state index >= 15 is 0 Å². The van der Waals surface area contributed by atoms with Gasteiger partial charge in [0.05, 0.1) is 4.90 Å². The summed E-state index contributed by atoms with van der Waals surface area (Å²) in [5.74, 6) is 0.797. The van der Waals surface area contributed by atoms with Gasteiger partial charge >= 0.3 is 0 Å². The highest BCUT2D eigenvalue weighted by Gasteiger charge is 2.27. The van der Waals surface area contributed by atoms with Crippen LogP contribution in [-0.2, 0) is 10.1 Å². The molecule has 0 aliphatic heterocycles. The van der Waals surface area contributed by atoms with Crippen LogP contribution in [0.1, 0.15) is 47.0 Å². The van der Waals surface area contributed by atoms with Crippen molar-refractivity contribution in [3.63, 3.8) is 0 Å². The van der Waals surface area contributed by atoms with Crippen molar-refractivity contribution < 1.29 is 17.7 Å². The lowest BCUT2D eigenvalue weighted by Crippen LogP contribution is -2.36. The van der Waals surface area contributed by atoms with Crippen LogP contribution in [0, 0.1) is 5.92 Å². The standard InChI is InChI=1S/C15H24O4S/c1-5-6-8-12(2)15(3,4)19-13-9-7-10-14(11-13)20(16,17)18/h7,9-12H,5-6,8H2,1-4H3,(H,16,17,18). The van der Waals surface area contributed by atoms with Crippen molar-refractivity contribution in [1.29, 1.82) is 0 Å². The Hall–Kier alpha value is -1.07. The van der Waals surface area contributed by atoms with E-state index in [2.05, 4.69) is 13.8 Å². The van der Waals surface area contributed by atoms with E-state index in [4.69, 9.17) is 9.29 Å². The summed E-state index contributed by atoms with van der Waals surface area (Å²) in [7, 11) is -4.20. The first-order valence-electron chi connectivity index (χ1n) is 6.93. The number of hydrogen-bond donors (Lipinski definition) is 1. The van der Waals surface area contributed by atoms with Crippen molar-refractivity contribution in [2.45, 2.75) is 57.5 Å². The van der Waals surface area contributed by atoms with Crippen LogP contribution in [-0.4, -0.2) is 18.6 Å². The molecule has 20 heavy (non-hydrogen) atoms. The predicted molar refractivity (Wildman–Crippen MR) is 79.7 cm³/mol. The van der Waals surface area contributed by atoms with E-state index in [9.17, 15) is 8.42 Å². The lowest BCUT2D eigenvalue weighted by molar-refractivity contribution is 0.0466. The Morgan fingerprint density at radius 2 is 2.00 bits per heavy atom. The lowest BCUT2D eigenvalue weighted by atomic mass is 9.88. The summed E-state index contributed by atoms with van der Waals surface area (Å²) in [6, 6.07) is 5.95. The molecule has 0 radical (unpaired) electrons. The van der Waals surface area contributed by atoms with E-state index in [1.807, 2.05) is 13.8 Å². The van der Waals surface area contributed by atoms with E-state index in [0.717, 1.165) is 19.3 Å². The minimum Gasteiger partial charge on any atom is -0.488 e. The zero-order valence-electron chi connectivity index (χ0n) is 12.6. The number of rotatable bonds is 7. The summed E-state index contributed by atoms with van der Waals surface area (Å²) in [5.41, 5.74) is -0.396. The Morgan fingerprint density at radius 3 is 2.55 bits per heavy atom. The van der Waals surface area contributed by atoms with Gasteiger partial charge in [-0.1, -0.05) is 32.8 Å². The van der Waals surface area contributed by atoms with Crippen LogP contribution in [0.4, 0.5) is 0 Å². The second-order valence-electron chi connectivity index (χ2n) is 5.70. The Labute approximate surface area is 121 Å². The molecule has 0 saturated heterocycles. The van der Waals surface area contributed by atoms with Crippen LogP contribution in [0.3, 0.4) is 0 Å². The highest BCUT2D eigenvalue weighted by Crippen LogP contribution is 2.29. The van der Waals surface area contributed by atoms with Gasteiger partial charge in [0.1, 0.15) is 11.4 Å². The number of unbranched alkanes of at least 4 members (excludes halogenated alkanes) is 1. The van der Waals surface area contributed by atoms with Crippen molar-refractivity contribution in [3.8, 4) is 5.75 Å². The maximum atomic E-state index is 11.1. The molecule has 1 N–H and O–H groups in total. The van der Waals surface area contributed by atoms with E-state index in [1.54, 1.807) is 12.1 Å². The number of benzene rings is 1. The second-order valence-corrected chi connectivity index (χ2v) is 7.12. The molecule has 0 bridgehead atoms. The molecular weight excluding hydrogens is 276 g/mol. The van der Waals surface area contributed by atoms with Gasteiger partial charge in [-0.3, -0.25) is 4.55 Å². The zero-order chi connectivity index (χ0) is 15.4. The molecule has 1 unspecified atom stereocenters. The van der Waals surface area contributed by atoms with Gasteiger partial charge in [0.2, 0.25) is 0 Å². The Balaban J connectivity index is 2.87.